The summed E-state index contributed by atoms with van der Waals surface area (Å²) in [6.45, 7) is 12.3. The van der Waals surface area contributed by atoms with Crippen molar-refractivity contribution in [1.29, 1.82) is 0 Å². The molecule has 0 aromatic rings. The van der Waals surface area contributed by atoms with Crippen molar-refractivity contribution in [2.45, 2.75) is 84.5 Å². The van der Waals surface area contributed by atoms with Crippen LogP contribution in [0.3, 0.4) is 0 Å². The Bertz CT molecular complexity index is 557. The van der Waals surface area contributed by atoms with Gasteiger partial charge in [-0.3, -0.25) is 4.79 Å². The first-order chi connectivity index (χ1) is 14.2. The van der Waals surface area contributed by atoms with Crippen molar-refractivity contribution < 1.29 is 29.0 Å². The number of unbranched alkanes of at least 4 members (excludes halogenated alkanes) is 1. The number of carbonyl (C=O) groups is 3. The second-order valence-electron chi connectivity index (χ2n) is 9.37. The third-order valence-corrected chi connectivity index (χ3v) is 3.86. The monoisotopic (exact) mass is 446 g/mol. The molecule has 0 saturated carbocycles. The Morgan fingerprint density at radius 3 is 2.00 bits per heavy atom. The van der Waals surface area contributed by atoms with Crippen LogP contribution >= 0.6 is 0 Å². The summed E-state index contributed by atoms with van der Waals surface area (Å²) in [6.07, 6.45) is 1.17. The number of nitrogens with one attached hydrogen (secondary N) is 2. The summed E-state index contributed by atoms with van der Waals surface area (Å²) in [7, 11) is 0. The SMILES string of the molecule is CC(C)(C)OC(=O)NCCCN(CCCCNC(=O)[C@@H](N)CCO)C(=O)OC(C)(C)C. The van der Waals surface area contributed by atoms with Gasteiger partial charge in [-0.2, -0.15) is 0 Å². The number of aliphatic hydroxyl groups excluding tert-OH is 1. The quantitative estimate of drug-likeness (QED) is 0.334. The minimum Gasteiger partial charge on any atom is -0.444 e. The predicted octanol–water partition coefficient (Wildman–Crippen LogP) is 1.74. The number of carbonyl (C=O) groups excluding carboxylic acids is 3. The number of hydrogen-bond donors (Lipinski definition) is 4. The van der Waals surface area contributed by atoms with Gasteiger partial charge in [-0.15, -0.1) is 0 Å². The lowest BCUT2D eigenvalue weighted by molar-refractivity contribution is -0.122. The van der Waals surface area contributed by atoms with Crippen LogP contribution in [0.1, 0.15) is 67.2 Å². The van der Waals surface area contributed by atoms with E-state index in [9.17, 15) is 14.4 Å². The fourth-order valence-corrected chi connectivity index (χ4v) is 2.44. The number of rotatable bonds is 12. The number of amides is 3. The summed E-state index contributed by atoms with van der Waals surface area (Å²) in [5, 5.41) is 14.2. The second kappa shape index (κ2) is 14.1. The molecule has 10 nitrogen and oxygen atoms in total. The van der Waals surface area contributed by atoms with E-state index in [1.807, 2.05) is 0 Å². The highest BCUT2D eigenvalue weighted by Crippen LogP contribution is 2.11. The van der Waals surface area contributed by atoms with E-state index >= 15 is 0 Å². The van der Waals surface area contributed by atoms with E-state index in [1.54, 1.807) is 46.4 Å². The number of alkyl carbamates (subject to hydrolysis) is 1. The average Bonchev–Trinajstić information content (AvgIpc) is 2.60. The number of hydrogen-bond acceptors (Lipinski definition) is 7. The Morgan fingerprint density at radius 1 is 0.903 bits per heavy atom. The molecule has 0 saturated heterocycles. The van der Waals surface area contributed by atoms with Crippen molar-refractivity contribution in [1.82, 2.24) is 15.5 Å². The zero-order chi connectivity index (χ0) is 24.1. The Morgan fingerprint density at radius 2 is 1.45 bits per heavy atom. The molecule has 0 heterocycles. The van der Waals surface area contributed by atoms with Crippen LogP contribution in [0, 0.1) is 0 Å². The van der Waals surface area contributed by atoms with Crippen molar-refractivity contribution in [3.8, 4) is 0 Å². The Labute approximate surface area is 186 Å². The van der Waals surface area contributed by atoms with E-state index in [2.05, 4.69) is 10.6 Å². The third-order valence-electron chi connectivity index (χ3n) is 3.86. The molecule has 3 amide bonds. The summed E-state index contributed by atoms with van der Waals surface area (Å²) < 4.78 is 10.7. The molecule has 0 aliphatic carbocycles. The van der Waals surface area contributed by atoms with Crippen molar-refractivity contribution in [3.05, 3.63) is 0 Å². The molecule has 1 atom stereocenters. The number of ether oxygens (including phenoxy) is 2. The molecule has 31 heavy (non-hydrogen) atoms. The van der Waals surface area contributed by atoms with E-state index in [4.69, 9.17) is 20.3 Å². The summed E-state index contributed by atoms with van der Waals surface area (Å²) in [4.78, 5) is 37.5. The van der Waals surface area contributed by atoms with Gasteiger partial charge in [0.25, 0.3) is 0 Å². The van der Waals surface area contributed by atoms with Gasteiger partial charge in [-0.1, -0.05) is 0 Å². The zero-order valence-electron chi connectivity index (χ0n) is 20.0. The molecule has 0 bridgehead atoms. The lowest BCUT2D eigenvalue weighted by atomic mass is 10.2. The fourth-order valence-electron chi connectivity index (χ4n) is 2.44. The van der Waals surface area contributed by atoms with Gasteiger partial charge in [0.05, 0.1) is 6.04 Å². The van der Waals surface area contributed by atoms with Crippen molar-refractivity contribution in [3.63, 3.8) is 0 Å². The molecule has 10 heteroatoms. The van der Waals surface area contributed by atoms with E-state index in [1.165, 1.54) is 0 Å². The van der Waals surface area contributed by atoms with Crippen LogP contribution in [0.15, 0.2) is 0 Å². The van der Waals surface area contributed by atoms with Crippen LogP contribution in [0.2, 0.25) is 0 Å². The fraction of sp³-hybridized carbons (Fsp3) is 0.857. The van der Waals surface area contributed by atoms with Gasteiger partial charge in [-0.25, -0.2) is 9.59 Å². The van der Waals surface area contributed by atoms with Crippen LogP contribution in [0.5, 0.6) is 0 Å². The molecule has 0 radical (unpaired) electrons. The topological polar surface area (TPSA) is 143 Å². The van der Waals surface area contributed by atoms with Gasteiger partial charge in [-0.05, 0) is 67.2 Å². The summed E-state index contributed by atoms with van der Waals surface area (Å²) in [5.41, 5.74) is 4.46. The largest absolute Gasteiger partial charge is 0.444 e. The molecule has 0 aliphatic heterocycles. The van der Waals surface area contributed by atoms with E-state index in [0.717, 1.165) is 0 Å². The lowest BCUT2D eigenvalue weighted by Crippen LogP contribution is -2.42. The van der Waals surface area contributed by atoms with Gasteiger partial charge in [0.15, 0.2) is 0 Å². The van der Waals surface area contributed by atoms with Crippen LogP contribution in [-0.2, 0) is 14.3 Å². The maximum absolute atomic E-state index is 12.5. The smallest absolute Gasteiger partial charge is 0.410 e. The molecule has 0 spiro atoms. The molecule has 0 aromatic heterocycles. The average molecular weight is 447 g/mol. The highest BCUT2D eigenvalue weighted by atomic mass is 16.6. The van der Waals surface area contributed by atoms with Crippen LogP contribution in [0.4, 0.5) is 9.59 Å². The normalized spacial score (nSPS) is 12.6. The van der Waals surface area contributed by atoms with Crippen molar-refractivity contribution in [2.75, 3.05) is 32.8 Å². The van der Waals surface area contributed by atoms with Crippen molar-refractivity contribution >= 4 is 18.1 Å². The molecular formula is C21H42N4O6. The Hall–Kier alpha value is -2.07. The molecular weight excluding hydrogens is 404 g/mol. The minimum atomic E-state index is -0.722. The number of aliphatic hydroxyl groups is 1. The summed E-state index contributed by atoms with van der Waals surface area (Å²) in [6, 6.07) is -0.722. The summed E-state index contributed by atoms with van der Waals surface area (Å²) >= 11 is 0. The number of nitrogens with zero attached hydrogens (tertiary/aromatic N) is 1. The predicted molar refractivity (Wildman–Crippen MR) is 119 cm³/mol. The zero-order valence-corrected chi connectivity index (χ0v) is 20.0. The molecule has 5 N–H and O–H groups in total. The highest BCUT2D eigenvalue weighted by Gasteiger charge is 2.22. The molecule has 182 valence electrons. The van der Waals surface area contributed by atoms with Gasteiger partial charge in [0.1, 0.15) is 11.2 Å². The highest BCUT2D eigenvalue weighted by molar-refractivity contribution is 5.81. The minimum absolute atomic E-state index is 0.137. The Kier molecular flexibility index (Phi) is 13.1. The molecule has 0 aromatic carbocycles. The van der Waals surface area contributed by atoms with Crippen LogP contribution in [-0.4, -0.2) is 78.1 Å². The maximum Gasteiger partial charge on any atom is 0.410 e. The molecule has 0 rings (SSSR count). The first-order valence-corrected chi connectivity index (χ1v) is 10.8. The van der Waals surface area contributed by atoms with Gasteiger partial charge < -0.3 is 35.8 Å². The van der Waals surface area contributed by atoms with E-state index in [-0.39, 0.29) is 18.9 Å². The third kappa shape index (κ3) is 16.3. The van der Waals surface area contributed by atoms with Gasteiger partial charge in [0, 0.05) is 32.8 Å². The molecule has 0 unspecified atom stereocenters. The van der Waals surface area contributed by atoms with Crippen LogP contribution < -0.4 is 16.4 Å². The Balaban J connectivity index is 4.44. The number of nitrogens with two attached hydrogens (primary N) is 1. The first kappa shape index (κ1) is 28.9. The van der Waals surface area contributed by atoms with Crippen molar-refractivity contribution in [2.24, 2.45) is 5.73 Å². The summed E-state index contributed by atoms with van der Waals surface area (Å²) in [5.74, 6) is -0.300. The van der Waals surface area contributed by atoms with E-state index < -0.39 is 29.4 Å². The van der Waals surface area contributed by atoms with E-state index in [0.29, 0.717) is 45.4 Å². The van der Waals surface area contributed by atoms with Gasteiger partial charge >= 0.3 is 12.2 Å². The standard InChI is InChI=1S/C21H42N4O6/c1-20(2,3)30-18(28)24-12-9-14-25(19(29)31-21(4,5)6)13-8-7-11-23-17(27)16(22)10-15-26/h16,26H,7-15,22H2,1-6H3,(H,23,27)(H,24,28)/t16-/m0/s1. The lowest BCUT2D eigenvalue weighted by Gasteiger charge is -2.27. The van der Waals surface area contributed by atoms with Gasteiger partial charge in [0.2, 0.25) is 5.91 Å². The second-order valence-corrected chi connectivity index (χ2v) is 9.37. The first-order valence-electron chi connectivity index (χ1n) is 10.8. The molecule has 0 aliphatic rings. The molecule has 0 fully saturated rings. The maximum atomic E-state index is 12.5. The van der Waals surface area contributed by atoms with Crippen LogP contribution in [0.25, 0.3) is 0 Å².